The normalized spacial score (nSPS) is 10.2. The maximum atomic E-state index is 10.9. The van der Waals surface area contributed by atoms with Crippen LogP contribution in [0.1, 0.15) is 15.9 Å². The van der Waals surface area contributed by atoms with E-state index in [-0.39, 0.29) is 5.56 Å². The van der Waals surface area contributed by atoms with Gasteiger partial charge in [0.1, 0.15) is 12.1 Å². The van der Waals surface area contributed by atoms with Crippen LogP contribution < -0.4 is 10.1 Å². The van der Waals surface area contributed by atoms with E-state index in [2.05, 4.69) is 31.2 Å². The van der Waals surface area contributed by atoms with Crippen LogP contribution in [0.5, 0.6) is 5.88 Å². The maximum absolute atomic E-state index is 10.9. The van der Waals surface area contributed by atoms with Crippen molar-refractivity contribution in [2.45, 2.75) is 6.92 Å². The Labute approximate surface area is 124 Å². The van der Waals surface area contributed by atoms with Crippen LogP contribution in [0.2, 0.25) is 0 Å². The van der Waals surface area contributed by atoms with Gasteiger partial charge in [-0.2, -0.15) is 0 Å². The molecule has 0 aliphatic heterocycles. The minimum absolute atomic E-state index is 0.208. The highest BCUT2D eigenvalue weighted by atomic mass is 79.9. The largest absolute Gasteiger partial charge is 0.481 e. The van der Waals surface area contributed by atoms with Crippen LogP contribution in [0.3, 0.4) is 0 Å². The lowest BCUT2D eigenvalue weighted by atomic mass is 10.2. The summed E-state index contributed by atoms with van der Waals surface area (Å²) < 4.78 is 5.76. The summed E-state index contributed by atoms with van der Waals surface area (Å²) in [7, 11) is 1.54. The number of hydrogen-bond donors (Lipinski definition) is 2. The first-order valence-corrected chi connectivity index (χ1v) is 6.47. The van der Waals surface area contributed by atoms with Crippen LogP contribution in [-0.2, 0) is 0 Å². The molecule has 6 nitrogen and oxygen atoms in total. The van der Waals surface area contributed by atoms with E-state index in [9.17, 15) is 4.79 Å². The standard InChI is InChI=1S/C13H12BrN3O3/c1-7-11(15-6-16-12(7)20-2)17-10-4-3-8(13(18)19)5-9(10)14/h3-6H,1-2H3,(H,18,19)(H,15,16,17). The van der Waals surface area contributed by atoms with Crippen LogP contribution in [0, 0.1) is 6.92 Å². The minimum atomic E-state index is -0.975. The third kappa shape index (κ3) is 2.88. The third-order valence-corrected chi connectivity index (χ3v) is 3.36. The fraction of sp³-hybridized carbons (Fsp3) is 0.154. The molecule has 1 aromatic carbocycles. The Morgan fingerprint density at radius 2 is 2.15 bits per heavy atom. The highest BCUT2D eigenvalue weighted by Gasteiger charge is 2.11. The van der Waals surface area contributed by atoms with E-state index in [0.29, 0.717) is 21.9 Å². The zero-order valence-electron chi connectivity index (χ0n) is 10.8. The molecule has 0 aliphatic carbocycles. The van der Waals surface area contributed by atoms with Gasteiger partial charge in [0.15, 0.2) is 0 Å². The lowest BCUT2D eigenvalue weighted by molar-refractivity contribution is 0.0697. The van der Waals surface area contributed by atoms with Gasteiger partial charge in [0.2, 0.25) is 5.88 Å². The molecule has 2 aromatic rings. The van der Waals surface area contributed by atoms with Crippen LogP contribution in [-0.4, -0.2) is 28.2 Å². The first-order valence-electron chi connectivity index (χ1n) is 5.68. The molecule has 0 aliphatic rings. The Morgan fingerprint density at radius 3 is 2.75 bits per heavy atom. The molecule has 0 spiro atoms. The molecule has 0 radical (unpaired) electrons. The molecule has 7 heteroatoms. The van der Waals surface area contributed by atoms with E-state index in [0.717, 1.165) is 5.56 Å². The summed E-state index contributed by atoms with van der Waals surface area (Å²) in [5.74, 6) is 0.110. The van der Waals surface area contributed by atoms with E-state index in [4.69, 9.17) is 9.84 Å². The smallest absolute Gasteiger partial charge is 0.335 e. The van der Waals surface area contributed by atoms with Gasteiger partial charge in [-0.25, -0.2) is 14.8 Å². The number of hydrogen-bond acceptors (Lipinski definition) is 5. The zero-order chi connectivity index (χ0) is 14.7. The topological polar surface area (TPSA) is 84.3 Å². The highest BCUT2D eigenvalue weighted by molar-refractivity contribution is 9.10. The lowest BCUT2D eigenvalue weighted by Gasteiger charge is -2.12. The fourth-order valence-corrected chi connectivity index (χ4v) is 2.12. The monoisotopic (exact) mass is 337 g/mol. The van der Waals surface area contributed by atoms with Crippen molar-refractivity contribution >= 4 is 33.4 Å². The van der Waals surface area contributed by atoms with Gasteiger partial charge >= 0.3 is 5.97 Å². The molecule has 1 aromatic heterocycles. The number of nitrogens with one attached hydrogen (secondary N) is 1. The summed E-state index contributed by atoms with van der Waals surface area (Å²) in [6, 6.07) is 4.71. The number of methoxy groups -OCH3 is 1. The van der Waals surface area contributed by atoms with Crippen molar-refractivity contribution in [2.24, 2.45) is 0 Å². The van der Waals surface area contributed by atoms with Crippen LogP contribution in [0.15, 0.2) is 29.0 Å². The van der Waals surface area contributed by atoms with Crippen molar-refractivity contribution < 1.29 is 14.6 Å². The molecule has 0 amide bonds. The summed E-state index contributed by atoms with van der Waals surface area (Å²) >= 11 is 3.33. The molecular weight excluding hydrogens is 326 g/mol. The Balaban J connectivity index is 2.33. The van der Waals surface area contributed by atoms with Gasteiger partial charge in [-0.15, -0.1) is 0 Å². The fourth-order valence-electron chi connectivity index (χ4n) is 1.64. The van der Waals surface area contributed by atoms with E-state index < -0.39 is 5.97 Å². The molecule has 0 unspecified atom stereocenters. The Hall–Kier alpha value is -2.15. The van der Waals surface area contributed by atoms with Gasteiger partial charge < -0.3 is 15.2 Å². The van der Waals surface area contributed by atoms with Crippen LogP contribution in [0.4, 0.5) is 11.5 Å². The number of ether oxygens (including phenoxy) is 1. The minimum Gasteiger partial charge on any atom is -0.481 e. The van der Waals surface area contributed by atoms with Gasteiger partial charge in [0, 0.05) is 4.47 Å². The Kier molecular flexibility index (Phi) is 4.19. The number of benzene rings is 1. The number of carboxylic acids is 1. The quantitative estimate of drug-likeness (QED) is 0.892. The molecule has 0 saturated carbocycles. The summed E-state index contributed by atoms with van der Waals surface area (Å²) in [6.07, 6.45) is 1.40. The second-order valence-corrected chi connectivity index (χ2v) is 4.84. The van der Waals surface area contributed by atoms with E-state index >= 15 is 0 Å². The molecule has 0 saturated heterocycles. The summed E-state index contributed by atoms with van der Waals surface area (Å²) in [5.41, 5.74) is 1.68. The number of carboxylic acid groups (broad SMARTS) is 1. The average molecular weight is 338 g/mol. The zero-order valence-corrected chi connectivity index (χ0v) is 12.4. The number of nitrogens with zero attached hydrogens (tertiary/aromatic N) is 2. The number of anilines is 2. The first kappa shape index (κ1) is 14.3. The second kappa shape index (κ2) is 5.87. The van der Waals surface area contributed by atoms with Crippen molar-refractivity contribution in [3.63, 3.8) is 0 Å². The predicted molar refractivity (Wildman–Crippen MR) is 77.7 cm³/mol. The third-order valence-electron chi connectivity index (χ3n) is 2.70. The summed E-state index contributed by atoms with van der Waals surface area (Å²) in [5, 5.41) is 12.0. The van der Waals surface area contributed by atoms with E-state index in [1.165, 1.54) is 25.6 Å². The summed E-state index contributed by atoms with van der Waals surface area (Å²) in [4.78, 5) is 19.0. The first-order chi connectivity index (χ1) is 9.52. The van der Waals surface area contributed by atoms with Gasteiger partial charge in [-0.3, -0.25) is 0 Å². The van der Waals surface area contributed by atoms with Crippen LogP contribution >= 0.6 is 15.9 Å². The van der Waals surface area contributed by atoms with Crippen molar-refractivity contribution in [2.75, 3.05) is 12.4 Å². The molecule has 1 heterocycles. The van der Waals surface area contributed by atoms with E-state index in [1.807, 2.05) is 6.92 Å². The van der Waals surface area contributed by atoms with Crippen molar-refractivity contribution in [3.8, 4) is 5.88 Å². The lowest BCUT2D eigenvalue weighted by Crippen LogP contribution is -2.02. The van der Waals surface area contributed by atoms with Gasteiger partial charge in [0.05, 0.1) is 23.9 Å². The number of aromatic carboxylic acids is 1. The van der Waals surface area contributed by atoms with Gasteiger partial charge in [0.25, 0.3) is 0 Å². The number of aromatic nitrogens is 2. The van der Waals surface area contributed by atoms with Crippen molar-refractivity contribution in [1.82, 2.24) is 9.97 Å². The SMILES string of the molecule is COc1ncnc(Nc2ccc(C(=O)O)cc2Br)c1C. The summed E-state index contributed by atoms with van der Waals surface area (Å²) in [6.45, 7) is 1.83. The van der Waals surface area contributed by atoms with Crippen molar-refractivity contribution in [1.29, 1.82) is 0 Å². The number of halogens is 1. The average Bonchev–Trinajstić information content (AvgIpc) is 2.43. The van der Waals surface area contributed by atoms with Gasteiger partial charge in [-0.05, 0) is 41.1 Å². The Bertz CT molecular complexity index is 661. The highest BCUT2D eigenvalue weighted by Crippen LogP contribution is 2.29. The van der Waals surface area contributed by atoms with Crippen LogP contribution in [0.25, 0.3) is 0 Å². The van der Waals surface area contributed by atoms with E-state index in [1.54, 1.807) is 6.07 Å². The number of rotatable bonds is 4. The molecule has 104 valence electrons. The second-order valence-electron chi connectivity index (χ2n) is 3.98. The Morgan fingerprint density at radius 1 is 1.40 bits per heavy atom. The van der Waals surface area contributed by atoms with Crippen molar-refractivity contribution in [3.05, 3.63) is 40.1 Å². The molecule has 2 rings (SSSR count). The number of carbonyl (C=O) groups is 1. The molecular formula is C13H12BrN3O3. The molecule has 0 atom stereocenters. The maximum Gasteiger partial charge on any atom is 0.335 e. The molecule has 2 N–H and O–H groups in total. The van der Waals surface area contributed by atoms with Gasteiger partial charge in [-0.1, -0.05) is 0 Å². The predicted octanol–water partition coefficient (Wildman–Crippen LogP) is 3.00. The molecule has 0 bridgehead atoms. The molecule has 20 heavy (non-hydrogen) atoms. The molecule has 0 fully saturated rings.